The van der Waals surface area contributed by atoms with Gasteiger partial charge in [0, 0.05) is 16.3 Å². The predicted molar refractivity (Wildman–Crippen MR) is 82.5 cm³/mol. The summed E-state index contributed by atoms with van der Waals surface area (Å²) in [6, 6.07) is 7.68. The fraction of sp³-hybridized carbons (Fsp3) is 0.231. The summed E-state index contributed by atoms with van der Waals surface area (Å²) in [5.41, 5.74) is 0.803. The van der Waals surface area contributed by atoms with Crippen LogP contribution in [0.4, 0.5) is 5.69 Å². The van der Waals surface area contributed by atoms with E-state index in [1.54, 1.807) is 23.5 Å². The summed E-state index contributed by atoms with van der Waals surface area (Å²) in [5.74, 6) is 0. The Morgan fingerprint density at radius 2 is 1.67 bits per heavy atom. The Morgan fingerprint density at radius 3 is 2.33 bits per heavy atom. The van der Waals surface area contributed by atoms with Crippen molar-refractivity contribution in [3.8, 4) is 0 Å². The smallest absolute Gasteiger partial charge is 0.0653 e. The Hall–Kier alpha value is -0.410. The zero-order valence-corrected chi connectivity index (χ0v) is 12.9. The number of benzene rings is 1. The van der Waals surface area contributed by atoms with Crippen molar-refractivity contribution in [2.24, 2.45) is 0 Å². The SMILES string of the molecule is CCc1ccc(CNc2cc(Cl)c(Cl)cc2Cl)s1. The number of nitrogens with one attached hydrogen (secondary N) is 1. The second kappa shape index (κ2) is 6.16. The van der Waals surface area contributed by atoms with Crippen molar-refractivity contribution >= 4 is 51.8 Å². The molecule has 1 N–H and O–H groups in total. The quantitative estimate of drug-likeness (QED) is 0.693. The molecule has 1 aromatic carbocycles. The van der Waals surface area contributed by atoms with Gasteiger partial charge >= 0.3 is 0 Å². The molecule has 18 heavy (non-hydrogen) atoms. The molecule has 0 atom stereocenters. The molecule has 0 fully saturated rings. The first-order valence-electron chi connectivity index (χ1n) is 5.56. The van der Waals surface area contributed by atoms with Crippen LogP contribution in [-0.2, 0) is 13.0 Å². The minimum atomic E-state index is 0.469. The molecule has 2 aromatic rings. The first-order chi connectivity index (χ1) is 8.60. The van der Waals surface area contributed by atoms with Gasteiger partial charge in [-0.1, -0.05) is 41.7 Å². The van der Waals surface area contributed by atoms with E-state index < -0.39 is 0 Å². The molecule has 2 rings (SSSR count). The van der Waals surface area contributed by atoms with E-state index in [1.165, 1.54) is 9.75 Å². The predicted octanol–water partition coefficient (Wildman–Crippen LogP) is 5.88. The number of hydrogen-bond acceptors (Lipinski definition) is 2. The zero-order valence-electron chi connectivity index (χ0n) is 9.77. The molecule has 0 saturated heterocycles. The highest BCUT2D eigenvalue weighted by Crippen LogP contribution is 2.32. The summed E-state index contributed by atoms with van der Waals surface area (Å²) in [6.45, 7) is 2.89. The lowest BCUT2D eigenvalue weighted by Crippen LogP contribution is -1.98. The maximum atomic E-state index is 6.10. The lowest BCUT2D eigenvalue weighted by atomic mass is 10.3. The van der Waals surface area contributed by atoms with Crippen molar-refractivity contribution in [3.05, 3.63) is 49.1 Å². The molecular weight excluding hydrogens is 309 g/mol. The molecule has 1 nitrogen and oxygen atoms in total. The average molecular weight is 321 g/mol. The average Bonchev–Trinajstić information content (AvgIpc) is 2.80. The molecule has 0 spiro atoms. The summed E-state index contributed by atoms with van der Waals surface area (Å²) >= 11 is 19.7. The van der Waals surface area contributed by atoms with Gasteiger partial charge in [0.25, 0.3) is 0 Å². The van der Waals surface area contributed by atoms with E-state index in [0.29, 0.717) is 15.1 Å². The van der Waals surface area contributed by atoms with E-state index in [-0.39, 0.29) is 0 Å². The van der Waals surface area contributed by atoms with Crippen LogP contribution in [0.5, 0.6) is 0 Å². The van der Waals surface area contributed by atoms with Gasteiger partial charge in [0.1, 0.15) is 0 Å². The number of halogens is 3. The minimum Gasteiger partial charge on any atom is -0.379 e. The normalized spacial score (nSPS) is 10.7. The van der Waals surface area contributed by atoms with Crippen LogP contribution in [0.2, 0.25) is 15.1 Å². The van der Waals surface area contributed by atoms with E-state index in [0.717, 1.165) is 18.7 Å². The van der Waals surface area contributed by atoms with Crippen molar-refractivity contribution < 1.29 is 0 Å². The van der Waals surface area contributed by atoms with E-state index >= 15 is 0 Å². The lowest BCUT2D eigenvalue weighted by Gasteiger charge is -2.08. The fourth-order valence-electron chi connectivity index (χ4n) is 1.55. The number of rotatable bonds is 4. The topological polar surface area (TPSA) is 12.0 Å². The second-order valence-electron chi connectivity index (χ2n) is 3.82. The summed E-state index contributed by atoms with van der Waals surface area (Å²) < 4.78 is 0. The highest BCUT2D eigenvalue weighted by Gasteiger charge is 2.06. The number of thiophene rings is 1. The van der Waals surface area contributed by atoms with Crippen LogP contribution in [0.15, 0.2) is 24.3 Å². The van der Waals surface area contributed by atoms with Gasteiger partial charge in [0.05, 0.1) is 20.8 Å². The van der Waals surface area contributed by atoms with Gasteiger partial charge in [-0.05, 0) is 30.7 Å². The number of aryl methyl sites for hydroxylation is 1. The van der Waals surface area contributed by atoms with Crippen molar-refractivity contribution in [1.29, 1.82) is 0 Å². The van der Waals surface area contributed by atoms with Gasteiger partial charge in [-0.25, -0.2) is 0 Å². The summed E-state index contributed by atoms with van der Waals surface area (Å²) in [6.07, 6.45) is 1.07. The third-order valence-electron chi connectivity index (χ3n) is 2.53. The largest absolute Gasteiger partial charge is 0.379 e. The van der Waals surface area contributed by atoms with Gasteiger partial charge in [0.2, 0.25) is 0 Å². The van der Waals surface area contributed by atoms with Gasteiger partial charge in [-0.3, -0.25) is 0 Å². The van der Waals surface area contributed by atoms with Crippen LogP contribution in [0.3, 0.4) is 0 Å². The molecular formula is C13H12Cl3NS. The Balaban J connectivity index is 2.08. The first kappa shape index (κ1) is 14.0. The molecule has 0 aliphatic carbocycles. The molecule has 96 valence electrons. The second-order valence-corrected chi connectivity index (χ2v) is 6.30. The molecule has 0 amide bonds. The summed E-state index contributed by atoms with van der Waals surface area (Å²) in [7, 11) is 0. The highest BCUT2D eigenvalue weighted by atomic mass is 35.5. The monoisotopic (exact) mass is 319 g/mol. The maximum absolute atomic E-state index is 6.10. The Kier molecular flexibility index (Phi) is 4.79. The third kappa shape index (κ3) is 3.33. The number of hydrogen-bond donors (Lipinski definition) is 1. The van der Waals surface area contributed by atoms with Gasteiger partial charge in [0.15, 0.2) is 0 Å². The molecule has 0 bridgehead atoms. The standard InChI is InChI=1S/C13H12Cl3NS/c1-2-8-3-4-9(18-8)7-17-13-6-11(15)10(14)5-12(13)16/h3-6,17H,2,7H2,1H3. The Morgan fingerprint density at radius 1 is 1.00 bits per heavy atom. The van der Waals surface area contributed by atoms with Crippen LogP contribution in [0.1, 0.15) is 16.7 Å². The molecule has 0 aliphatic heterocycles. The summed E-state index contributed by atoms with van der Waals surface area (Å²) in [4.78, 5) is 2.65. The summed E-state index contributed by atoms with van der Waals surface area (Å²) in [5, 5.41) is 4.82. The fourth-order valence-corrected chi connectivity index (χ4v) is 3.06. The first-order valence-corrected chi connectivity index (χ1v) is 7.51. The molecule has 5 heteroatoms. The van der Waals surface area contributed by atoms with E-state index in [9.17, 15) is 0 Å². The van der Waals surface area contributed by atoms with Gasteiger partial charge in [-0.2, -0.15) is 0 Å². The van der Waals surface area contributed by atoms with Crippen LogP contribution in [0.25, 0.3) is 0 Å². The van der Waals surface area contributed by atoms with Crippen LogP contribution in [-0.4, -0.2) is 0 Å². The lowest BCUT2D eigenvalue weighted by molar-refractivity contribution is 1.19. The molecule has 1 aromatic heterocycles. The van der Waals surface area contributed by atoms with E-state index in [4.69, 9.17) is 34.8 Å². The zero-order chi connectivity index (χ0) is 13.1. The molecule has 0 aliphatic rings. The molecule has 0 saturated carbocycles. The highest BCUT2D eigenvalue weighted by molar-refractivity contribution is 7.12. The van der Waals surface area contributed by atoms with E-state index in [1.807, 2.05) is 0 Å². The van der Waals surface area contributed by atoms with Crippen LogP contribution in [0, 0.1) is 0 Å². The third-order valence-corrected chi connectivity index (χ3v) is 4.79. The molecule has 1 heterocycles. The molecule has 0 unspecified atom stereocenters. The number of anilines is 1. The van der Waals surface area contributed by atoms with Crippen LogP contribution >= 0.6 is 46.1 Å². The van der Waals surface area contributed by atoms with Crippen LogP contribution < -0.4 is 5.32 Å². The van der Waals surface area contributed by atoms with Crippen molar-refractivity contribution in [1.82, 2.24) is 0 Å². The van der Waals surface area contributed by atoms with Gasteiger partial charge in [-0.15, -0.1) is 11.3 Å². The molecule has 0 radical (unpaired) electrons. The minimum absolute atomic E-state index is 0.469. The van der Waals surface area contributed by atoms with Crippen molar-refractivity contribution in [2.45, 2.75) is 19.9 Å². The van der Waals surface area contributed by atoms with Crippen molar-refractivity contribution in [3.63, 3.8) is 0 Å². The van der Waals surface area contributed by atoms with Gasteiger partial charge < -0.3 is 5.32 Å². The van der Waals surface area contributed by atoms with Crippen molar-refractivity contribution in [2.75, 3.05) is 5.32 Å². The van der Waals surface area contributed by atoms with E-state index in [2.05, 4.69) is 24.4 Å². The Labute approximate surface area is 126 Å². The Bertz CT molecular complexity index is 551. The maximum Gasteiger partial charge on any atom is 0.0653 e.